The summed E-state index contributed by atoms with van der Waals surface area (Å²) in [5.41, 5.74) is 7.82. The van der Waals surface area contributed by atoms with Gasteiger partial charge in [0.25, 0.3) is 11.5 Å². The number of nitrogens with two attached hydrogens (primary N) is 1. The molecule has 2 N–H and O–H groups in total. The Morgan fingerprint density at radius 2 is 1.97 bits per heavy atom. The van der Waals surface area contributed by atoms with Crippen molar-refractivity contribution in [2.45, 2.75) is 52.1 Å². The summed E-state index contributed by atoms with van der Waals surface area (Å²) in [5, 5.41) is 1.01. The van der Waals surface area contributed by atoms with Crippen molar-refractivity contribution in [3.05, 3.63) is 69.5 Å². The summed E-state index contributed by atoms with van der Waals surface area (Å²) >= 11 is 0. The molecule has 8 heteroatoms. The van der Waals surface area contributed by atoms with Gasteiger partial charge in [-0.15, -0.1) is 0 Å². The maximum Gasteiger partial charge on any atom is 0.252 e. The van der Waals surface area contributed by atoms with E-state index in [1.54, 1.807) is 17.6 Å². The molecule has 2 amide bonds. The van der Waals surface area contributed by atoms with Crippen LogP contribution in [0.3, 0.4) is 0 Å². The molecule has 0 aliphatic carbocycles. The second kappa shape index (κ2) is 8.90. The summed E-state index contributed by atoms with van der Waals surface area (Å²) < 4.78 is 1.67. The Hall–Kier alpha value is -3.55. The summed E-state index contributed by atoms with van der Waals surface area (Å²) in [5.74, 6) is -0.0774. The lowest BCUT2D eigenvalue weighted by atomic mass is 10.0. The van der Waals surface area contributed by atoms with Crippen LogP contribution in [0.1, 0.15) is 59.2 Å². The number of aromatic nitrogens is 3. The monoisotopic (exact) mass is 433 g/mol. The quantitative estimate of drug-likeness (QED) is 0.665. The highest BCUT2D eigenvalue weighted by molar-refractivity contribution is 5.93. The zero-order valence-corrected chi connectivity index (χ0v) is 18.4. The highest BCUT2D eigenvalue weighted by Crippen LogP contribution is 2.30. The lowest BCUT2D eigenvalue weighted by Gasteiger charge is -2.35. The van der Waals surface area contributed by atoms with Crippen LogP contribution in [-0.4, -0.2) is 37.8 Å². The van der Waals surface area contributed by atoms with Crippen molar-refractivity contribution >= 4 is 22.7 Å². The summed E-state index contributed by atoms with van der Waals surface area (Å²) in [6, 6.07) is 9.11. The van der Waals surface area contributed by atoms with Crippen molar-refractivity contribution in [3.8, 4) is 0 Å². The van der Waals surface area contributed by atoms with Crippen molar-refractivity contribution in [2.75, 3.05) is 6.54 Å². The normalized spacial score (nSPS) is 16.3. The lowest BCUT2D eigenvalue weighted by molar-refractivity contribution is -0.135. The maximum absolute atomic E-state index is 13.2. The number of likely N-dealkylation sites (tertiary alicyclic amines) is 1. The molecule has 1 aliphatic rings. The second-order valence-electron chi connectivity index (χ2n) is 8.27. The number of hydrogen-bond donors (Lipinski definition) is 1. The van der Waals surface area contributed by atoms with Crippen LogP contribution in [0.5, 0.6) is 0 Å². The molecule has 0 spiro atoms. The van der Waals surface area contributed by atoms with Crippen LogP contribution in [0.4, 0.5) is 0 Å². The van der Waals surface area contributed by atoms with Gasteiger partial charge >= 0.3 is 0 Å². The van der Waals surface area contributed by atoms with Crippen LogP contribution in [0.25, 0.3) is 10.9 Å². The van der Waals surface area contributed by atoms with E-state index in [0.29, 0.717) is 24.6 Å². The molecule has 8 nitrogen and oxygen atoms in total. The minimum atomic E-state index is -0.568. The lowest BCUT2D eigenvalue weighted by Crippen LogP contribution is -2.40. The zero-order chi connectivity index (χ0) is 22.8. The number of rotatable bonds is 5. The van der Waals surface area contributed by atoms with Gasteiger partial charge in [0.15, 0.2) is 5.82 Å². The summed E-state index contributed by atoms with van der Waals surface area (Å²) in [6.45, 7) is 4.56. The third-order valence-electron chi connectivity index (χ3n) is 6.16. The molecular formula is C24H27N5O3. The Morgan fingerprint density at radius 3 is 2.72 bits per heavy atom. The minimum Gasteiger partial charge on any atom is -0.365 e. The second-order valence-corrected chi connectivity index (χ2v) is 8.27. The van der Waals surface area contributed by atoms with E-state index in [4.69, 9.17) is 5.73 Å². The number of benzene rings is 1. The van der Waals surface area contributed by atoms with Gasteiger partial charge < -0.3 is 15.2 Å². The molecule has 3 aromatic rings. The van der Waals surface area contributed by atoms with Crippen molar-refractivity contribution in [3.63, 3.8) is 0 Å². The fraction of sp³-hybridized carbons (Fsp3) is 0.375. The molecule has 1 saturated heterocycles. The Kier molecular flexibility index (Phi) is 6.03. The molecule has 0 unspecified atom stereocenters. The van der Waals surface area contributed by atoms with Crippen LogP contribution in [-0.2, 0) is 11.3 Å². The van der Waals surface area contributed by atoms with Gasteiger partial charge in [0.2, 0.25) is 5.91 Å². The molecule has 0 bridgehead atoms. The Labute approximate surface area is 186 Å². The minimum absolute atomic E-state index is 0.0357. The van der Waals surface area contributed by atoms with E-state index in [2.05, 4.69) is 9.97 Å². The SMILES string of the molecule is Cc1nc([C@@H]2CCCCN2C(=O)CCn2c(=O)cc(C)c3ccccc32)ncc1C(N)=O. The van der Waals surface area contributed by atoms with Crippen molar-refractivity contribution < 1.29 is 9.59 Å². The molecule has 4 rings (SSSR count). The molecule has 1 aromatic carbocycles. The van der Waals surface area contributed by atoms with Crippen molar-refractivity contribution in [1.82, 2.24) is 19.4 Å². The molecule has 3 heterocycles. The molecular weight excluding hydrogens is 406 g/mol. The first-order valence-corrected chi connectivity index (χ1v) is 10.9. The number of fused-ring (bicyclic) bond motifs is 1. The summed E-state index contributed by atoms with van der Waals surface area (Å²) in [6.07, 6.45) is 4.29. The largest absolute Gasteiger partial charge is 0.365 e. The molecule has 2 aromatic heterocycles. The van der Waals surface area contributed by atoms with Crippen LogP contribution >= 0.6 is 0 Å². The Morgan fingerprint density at radius 1 is 1.19 bits per heavy atom. The van der Waals surface area contributed by atoms with E-state index in [1.165, 1.54) is 6.20 Å². The smallest absolute Gasteiger partial charge is 0.252 e. The molecule has 1 atom stereocenters. The Balaban J connectivity index is 1.56. The number of piperidine rings is 1. The fourth-order valence-electron chi connectivity index (χ4n) is 4.47. The van der Waals surface area contributed by atoms with E-state index in [0.717, 1.165) is 35.7 Å². The number of nitrogens with zero attached hydrogens (tertiary/aromatic N) is 4. The average Bonchev–Trinajstić information content (AvgIpc) is 2.78. The van der Waals surface area contributed by atoms with E-state index in [1.807, 2.05) is 36.1 Å². The van der Waals surface area contributed by atoms with Crippen LogP contribution < -0.4 is 11.3 Å². The van der Waals surface area contributed by atoms with Gasteiger partial charge in [-0.25, -0.2) is 9.97 Å². The molecule has 32 heavy (non-hydrogen) atoms. The number of aryl methyl sites for hydroxylation is 3. The van der Waals surface area contributed by atoms with Gasteiger partial charge in [-0.2, -0.15) is 0 Å². The van der Waals surface area contributed by atoms with Crippen molar-refractivity contribution in [2.24, 2.45) is 5.73 Å². The first-order chi connectivity index (χ1) is 15.4. The molecule has 1 fully saturated rings. The first kappa shape index (κ1) is 21.7. The topological polar surface area (TPSA) is 111 Å². The van der Waals surface area contributed by atoms with E-state index >= 15 is 0 Å². The number of carbonyl (C=O) groups excluding carboxylic acids is 2. The zero-order valence-electron chi connectivity index (χ0n) is 18.4. The summed E-state index contributed by atoms with van der Waals surface area (Å²) in [4.78, 5) is 48.0. The van der Waals surface area contributed by atoms with Gasteiger partial charge in [-0.3, -0.25) is 14.4 Å². The fourth-order valence-corrected chi connectivity index (χ4v) is 4.47. The van der Waals surface area contributed by atoms with Gasteiger partial charge in [-0.05, 0) is 44.7 Å². The number of para-hydroxylation sites is 1. The van der Waals surface area contributed by atoms with Crippen molar-refractivity contribution in [1.29, 1.82) is 0 Å². The number of pyridine rings is 1. The number of primary amides is 1. The highest BCUT2D eigenvalue weighted by Gasteiger charge is 2.30. The maximum atomic E-state index is 13.2. The van der Waals surface area contributed by atoms with Gasteiger partial charge in [0, 0.05) is 37.2 Å². The molecule has 0 saturated carbocycles. The number of hydrogen-bond acceptors (Lipinski definition) is 5. The predicted molar refractivity (Wildman–Crippen MR) is 121 cm³/mol. The van der Waals surface area contributed by atoms with Gasteiger partial charge in [-0.1, -0.05) is 18.2 Å². The molecule has 166 valence electrons. The van der Waals surface area contributed by atoms with Crippen LogP contribution in [0.2, 0.25) is 0 Å². The molecule has 1 aliphatic heterocycles. The van der Waals surface area contributed by atoms with Crippen LogP contribution in [0.15, 0.2) is 41.3 Å². The van der Waals surface area contributed by atoms with Crippen LogP contribution in [0, 0.1) is 13.8 Å². The average molecular weight is 434 g/mol. The standard InChI is InChI=1S/C24H27N5O3/c1-15-13-22(31)29(19-8-4-3-7-17(15)19)12-10-21(30)28-11-6-5-9-20(28)24-26-14-18(23(25)32)16(2)27-24/h3-4,7-8,13-14,20H,5-6,9-12H2,1-2H3,(H2,25,32)/t20-/m0/s1. The third-order valence-corrected chi connectivity index (χ3v) is 6.16. The number of amides is 2. The third kappa shape index (κ3) is 4.12. The number of carbonyl (C=O) groups is 2. The van der Waals surface area contributed by atoms with E-state index < -0.39 is 5.91 Å². The Bertz CT molecular complexity index is 1250. The van der Waals surface area contributed by atoms with E-state index in [9.17, 15) is 14.4 Å². The van der Waals surface area contributed by atoms with Gasteiger partial charge in [0.1, 0.15) is 0 Å². The summed E-state index contributed by atoms with van der Waals surface area (Å²) in [7, 11) is 0. The van der Waals surface area contributed by atoms with Gasteiger partial charge in [0.05, 0.1) is 22.8 Å². The first-order valence-electron chi connectivity index (χ1n) is 10.9. The molecule has 0 radical (unpaired) electrons. The van der Waals surface area contributed by atoms with E-state index in [-0.39, 0.29) is 29.5 Å². The highest BCUT2D eigenvalue weighted by atomic mass is 16.2. The predicted octanol–water partition coefficient (Wildman–Crippen LogP) is 2.65.